The van der Waals surface area contributed by atoms with E-state index >= 15 is 0 Å². The molecule has 1 aliphatic heterocycles. The molecule has 6 nitrogen and oxygen atoms in total. The first-order chi connectivity index (χ1) is 15.6. The van der Waals surface area contributed by atoms with E-state index in [-0.39, 0.29) is 11.9 Å². The Morgan fingerprint density at radius 2 is 1.78 bits per heavy atom. The van der Waals surface area contributed by atoms with Crippen molar-refractivity contribution < 1.29 is 14.1 Å². The summed E-state index contributed by atoms with van der Waals surface area (Å²) < 4.78 is 11.0. The number of aromatic nitrogens is 1. The second-order valence-corrected chi connectivity index (χ2v) is 8.52. The topological polar surface area (TPSA) is 67.6 Å². The molecule has 1 fully saturated rings. The second-order valence-electron chi connectivity index (χ2n) is 8.52. The summed E-state index contributed by atoms with van der Waals surface area (Å²) in [6.07, 6.45) is 2.37. The Morgan fingerprint density at radius 1 is 1.06 bits per heavy atom. The Labute approximate surface area is 189 Å². The standard InChI is InChI=1S/C26H31N3O3/c1-19-25(20(2)32-28-19)18-31-24-10-8-21(9-11-24)16-26(30)27-23-12-14-29(15-13-23)17-22-6-4-3-5-7-22/h3-11,23H,12-18H2,1-2H3,(H,27,30). The lowest BCUT2D eigenvalue weighted by Crippen LogP contribution is -2.44. The summed E-state index contributed by atoms with van der Waals surface area (Å²) in [4.78, 5) is 15.0. The molecule has 0 unspecified atom stereocenters. The third-order valence-corrected chi connectivity index (χ3v) is 6.05. The highest BCUT2D eigenvalue weighted by molar-refractivity contribution is 5.78. The van der Waals surface area contributed by atoms with Crippen molar-refractivity contribution in [2.75, 3.05) is 13.1 Å². The van der Waals surface area contributed by atoms with Crippen molar-refractivity contribution in [1.82, 2.24) is 15.4 Å². The summed E-state index contributed by atoms with van der Waals surface area (Å²) in [5, 5.41) is 7.15. The molecule has 2 aromatic carbocycles. The lowest BCUT2D eigenvalue weighted by Gasteiger charge is -2.32. The van der Waals surface area contributed by atoms with E-state index < -0.39 is 0 Å². The highest BCUT2D eigenvalue weighted by atomic mass is 16.5. The van der Waals surface area contributed by atoms with Crippen LogP contribution in [0.25, 0.3) is 0 Å². The predicted molar refractivity (Wildman–Crippen MR) is 123 cm³/mol. The fraction of sp³-hybridized carbons (Fsp3) is 0.385. The first-order valence-electron chi connectivity index (χ1n) is 11.3. The summed E-state index contributed by atoms with van der Waals surface area (Å²) >= 11 is 0. The minimum atomic E-state index is 0.0795. The fourth-order valence-corrected chi connectivity index (χ4v) is 4.11. The molecular weight excluding hydrogens is 402 g/mol. The highest BCUT2D eigenvalue weighted by Crippen LogP contribution is 2.19. The lowest BCUT2D eigenvalue weighted by atomic mass is 10.0. The van der Waals surface area contributed by atoms with Crippen LogP contribution in [0.3, 0.4) is 0 Å². The van der Waals surface area contributed by atoms with Crippen LogP contribution in [-0.4, -0.2) is 35.1 Å². The van der Waals surface area contributed by atoms with Gasteiger partial charge in [-0.15, -0.1) is 0 Å². The number of carbonyl (C=O) groups is 1. The number of rotatable bonds is 8. The van der Waals surface area contributed by atoms with Crippen LogP contribution < -0.4 is 10.1 Å². The Hall–Kier alpha value is -3.12. The zero-order valence-electron chi connectivity index (χ0n) is 18.8. The van der Waals surface area contributed by atoms with Crippen LogP contribution in [0.4, 0.5) is 0 Å². The summed E-state index contributed by atoms with van der Waals surface area (Å²) in [6, 6.07) is 18.5. The van der Waals surface area contributed by atoms with E-state index in [0.717, 1.165) is 60.8 Å². The minimum absolute atomic E-state index is 0.0795. The van der Waals surface area contributed by atoms with Crippen molar-refractivity contribution >= 4 is 5.91 Å². The number of piperidine rings is 1. The van der Waals surface area contributed by atoms with Crippen LogP contribution in [0.5, 0.6) is 5.75 Å². The van der Waals surface area contributed by atoms with E-state index in [2.05, 4.69) is 39.6 Å². The van der Waals surface area contributed by atoms with Crippen LogP contribution in [0.15, 0.2) is 59.1 Å². The maximum Gasteiger partial charge on any atom is 0.224 e. The maximum atomic E-state index is 12.5. The summed E-state index contributed by atoms with van der Waals surface area (Å²) in [6.45, 7) is 7.21. The number of likely N-dealkylation sites (tertiary alicyclic amines) is 1. The lowest BCUT2D eigenvalue weighted by molar-refractivity contribution is -0.121. The molecule has 4 rings (SSSR count). The average molecular weight is 434 g/mol. The highest BCUT2D eigenvalue weighted by Gasteiger charge is 2.20. The molecule has 168 valence electrons. The summed E-state index contributed by atoms with van der Waals surface area (Å²) in [5.74, 6) is 1.62. The van der Waals surface area contributed by atoms with Crippen molar-refractivity contribution in [3.63, 3.8) is 0 Å². The average Bonchev–Trinajstić information content (AvgIpc) is 3.12. The van der Waals surface area contributed by atoms with Crippen LogP contribution in [0, 0.1) is 13.8 Å². The molecule has 2 heterocycles. The molecule has 0 atom stereocenters. The zero-order chi connectivity index (χ0) is 22.3. The SMILES string of the molecule is Cc1noc(C)c1COc1ccc(CC(=O)NC2CCN(Cc3ccccc3)CC2)cc1. The van der Waals surface area contributed by atoms with Gasteiger partial charge in [0.15, 0.2) is 0 Å². The third kappa shape index (κ3) is 5.98. The Morgan fingerprint density at radius 3 is 2.44 bits per heavy atom. The molecule has 0 aliphatic carbocycles. The van der Waals surface area contributed by atoms with E-state index in [1.54, 1.807) is 0 Å². The first kappa shape index (κ1) is 22.1. The Kier molecular flexibility index (Phi) is 7.22. The molecule has 6 heteroatoms. The van der Waals surface area contributed by atoms with Crippen LogP contribution in [-0.2, 0) is 24.4 Å². The second kappa shape index (κ2) is 10.5. The number of carbonyl (C=O) groups excluding carboxylic acids is 1. The summed E-state index contributed by atoms with van der Waals surface area (Å²) in [7, 11) is 0. The molecule has 1 saturated heterocycles. The normalized spacial score (nSPS) is 14.9. The molecule has 3 aromatic rings. The smallest absolute Gasteiger partial charge is 0.224 e. The quantitative estimate of drug-likeness (QED) is 0.577. The largest absolute Gasteiger partial charge is 0.489 e. The molecule has 32 heavy (non-hydrogen) atoms. The van der Waals surface area contributed by atoms with Gasteiger partial charge in [-0.3, -0.25) is 9.69 Å². The molecule has 0 bridgehead atoms. The van der Waals surface area contributed by atoms with E-state index in [4.69, 9.17) is 9.26 Å². The first-order valence-corrected chi connectivity index (χ1v) is 11.3. The van der Waals surface area contributed by atoms with Crippen molar-refractivity contribution in [2.45, 2.75) is 52.3 Å². The van der Waals surface area contributed by atoms with Crippen molar-refractivity contribution in [3.8, 4) is 5.75 Å². The van der Waals surface area contributed by atoms with Gasteiger partial charge < -0.3 is 14.6 Å². The Bertz CT molecular complexity index is 987. The molecule has 0 saturated carbocycles. The molecule has 0 radical (unpaired) electrons. The molecular formula is C26H31N3O3. The van der Waals surface area contributed by atoms with E-state index in [9.17, 15) is 4.79 Å². The number of hydrogen-bond acceptors (Lipinski definition) is 5. The maximum absolute atomic E-state index is 12.5. The predicted octanol–water partition coefficient (Wildman–Crippen LogP) is 4.19. The van der Waals surface area contributed by atoms with Crippen molar-refractivity contribution in [1.29, 1.82) is 0 Å². The van der Waals surface area contributed by atoms with E-state index in [0.29, 0.717) is 13.0 Å². The number of hydrogen-bond donors (Lipinski definition) is 1. The molecule has 1 amide bonds. The van der Waals surface area contributed by atoms with Gasteiger partial charge >= 0.3 is 0 Å². The fourth-order valence-electron chi connectivity index (χ4n) is 4.11. The van der Waals surface area contributed by atoms with Gasteiger partial charge in [-0.25, -0.2) is 0 Å². The number of benzene rings is 2. The molecule has 1 aromatic heterocycles. The van der Waals surface area contributed by atoms with Gasteiger partial charge in [0, 0.05) is 25.7 Å². The van der Waals surface area contributed by atoms with Crippen LogP contribution in [0.1, 0.15) is 41.0 Å². The minimum Gasteiger partial charge on any atom is -0.489 e. The molecule has 0 spiro atoms. The van der Waals surface area contributed by atoms with Gasteiger partial charge in [-0.2, -0.15) is 0 Å². The number of ether oxygens (including phenoxy) is 1. The van der Waals surface area contributed by atoms with Gasteiger partial charge in [0.25, 0.3) is 0 Å². The zero-order valence-corrected chi connectivity index (χ0v) is 18.8. The van der Waals surface area contributed by atoms with Gasteiger partial charge in [0.2, 0.25) is 5.91 Å². The van der Waals surface area contributed by atoms with E-state index in [1.807, 2.05) is 44.2 Å². The van der Waals surface area contributed by atoms with Crippen molar-refractivity contribution in [3.05, 3.63) is 82.7 Å². The van der Waals surface area contributed by atoms with Gasteiger partial charge in [-0.1, -0.05) is 47.6 Å². The van der Waals surface area contributed by atoms with E-state index in [1.165, 1.54) is 5.56 Å². The monoisotopic (exact) mass is 433 g/mol. The third-order valence-electron chi connectivity index (χ3n) is 6.05. The van der Waals surface area contributed by atoms with Crippen LogP contribution >= 0.6 is 0 Å². The summed E-state index contributed by atoms with van der Waals surface area (Å²) in [5.41, 5.74) is 4.15. The molecule has 1 N–H and O–H groups in total. The number of aryl methyl sites for hydroxylation is 2. The molecule has 1 aliphatic rings. The van der Waals surface area contributed by atoms with Gasteiger partial charge in [0.1, 0.15) is 18.1 Å². The van der Waals surface area contributed by atoms with Gasteiger partial charge in [0.05, 0.1) is 17.7 Å². The number of nitrogens with one attached hydrogen (secondary N) is 1. The number of nitrogens with zero attached hydrogens (tertiary/aromatic N) is 2. The Balaban J connectivity index is 1.19. The number of amides is 1. The van der Waals surface area contributed by atoms with Crippen LogP contribution in [0.2, 0.25) is 0 Å². The van der Waals surface area contributed by atoms with Crippen molar-refractivity contribution in [2.24, 2.45) is 0 Å². The van der Waals surface area contributed by atoms with Gasteiger partial charge in [-0.05, 0) is 49.9 Å².